The van der Waals surface area contributed by atoms with E-state index in [9.17, 15) is 14.7 Å². The lowest BCUT2D eigenvalue weighted by atomic mass is 9.95. The molecule has 1 N–H and O–H groups in total. The summed E-state index contributed by atoms with van der Waals surface area (Å²) in [5.74, 6) is -1.29. The topological polar surface area (TPSA) is 92.6 Å². The Hall–Kier alpha value is -4.01. The van der Waals surface area contributed by atoms with E-state index in [0.717, 1.165) is 11.1 Å². The van der Waals surface area contributed by atoms with Crippen LogP contribution >= 0.6 is 22.9 Å². The molecule has 0 unspecified atom stereocenters. The Labute approximate surface area is 222 Å². The van der Waals surface area contributed by atoms with Crippen molar-refractivity contribution >= 4 is 45.5 Å². The standard InChI is InChI=1S/C28H22ClN3O4S/c1-16-5-3-6-18(13-16)15-36-22-11-9-19(10-12-22)25(33)23-24(20-7-4-8-21(29)14-20)32(27(35)26(23)34)28-31-30-17(2)37-28/h3-14,24,33H,15H2,1-2H3/b25-23+/t24-/m0/s1. The quantitative estimate of drug-likeness (QED) is 0.186. The smallest absolute Gasteiger partial charge is 0.301 e. The van der Waals surface area contributed by atoms with Gasteiger partial charge in [0.1, 0.15) is 23.1 Å². The fraction of sp³-hybridized carbons (Fsp3) is 0.143. The second kappa shape index (κ2) is 10.2. The van der Waals surface area contributed by atoms with Crippen LogP contribution < -0.4 is 9.64 Å². The molecule has 5 rings (SSSR count). The normalized spacial score (nSPS) is 16.8. The number of anilines is 1. The van der Waals surface area contributed by atoms with Crippen molar-refractivity contribution in [2.24, 2.45) is 0 Å². The SMILES string of the molecule is Cc1cccc(COc2ccc(/C(O)=C3\C(=O)C(=O)N(c4nnc(C)s4)[C@H]3c3cccc(Cl)c3)cc2)c1. The molecule has 3 aromatic carbocycles. The first-order valence-electron chi connectivity index (χ1n) is 11.5. The summed E-state index contributed by atoms with van der Waals surface area (Å²) in [6.07, 6.45) is 0. The number of amides is 1. The first-order chi connectivity index (χ1) is 17.8. The number of hydrogen-bond acceptors (Lipinski definition) is 7. The lowest BCUT2D eigenvalue weighted by Crippen LogP contribution is -2.29. The molecular formula is C28H22ClN3O4S. The van der Waals surface area contributed by atoms with Crippen LogP contribution in [0.2, 0.25) is 5.02 Å². The van der Waals surface area contributed by atoms with Crippen LogP contribution in [-0.2, 0) is 16.2 Å². The van der Waals surface area contributed by atoms with Crippen molar-refractivity contribution in [2.45, 2.75) is 26.5 Å². The number of rotatable bonds is 6. The van der Waals surface area contributed by atoms with Crippen LogP contribution in [0, 0.1) is 13.8 Å². The lowest BCUT2D eigenvalue weighted by Gasteiger charge is -2.22. The van der Waals surface area contributed by atoms with Crippen molar-refractivity contribution in [1.82, 2.24) is 10.2 Å². The number of Topliss-reactive ketones (excluding diaryl/α,β-unsaturated/α-hetero) is 1. The third-order valence-electron chi connectivity index (χ3n) is 5.95. The minimum absolute atomic E-state index is 0.0476. The van der Waals surface area contributed by atoms with E-state index in [-0.39, 0.29) is 16.5 Å². The molecule has 186 valence electrons. The largest absolute Gasteiger partial charge is 0.507 e. The summed E-state index contributed by atoms with van der Waals surface area (Å²) in [7, 11) is 0. The number of aliphatic hydroxyl groups is 1. The second-order valence-electron chi connectivity index (χ2n) is 8.63. The van der Waals surface area contributed by atoms with Gasteiger partial charge < -0.3 is 9.84 Å². The van der Waals surface area contributed by atoms with Gasteiger partial charge in [-0.2, -0.15) is 0 Å². The number of ketones is 1. The molecular weight excluding hydrogens is 510 g/mol. The predicted octanol–water partition coefficient (Wildman–Crippen LogP) is 6.01. The Kier molecular flexibility index (Phi) is 6.78. The molecule has 4 aromatic rings. The predicted molar refractivity (Wildman–Crippen MR) is 143 cm³/mol. The number of ether oxygens (including phenoxy) is 1. The van der Waals surface area contributed by atoms with E-state index >= 15 is 0 Å². The van der Waals surface area contributed by atoms with Gasteiger partial charge in [-0.15, -0.1) is 10.2 Å². The van der Waals surface area contributed by atoms with Gasteiger partial charge in [0.25, 0.3) is 5.78 Å². The third-order valence-corrected chi connectivity index (χ3v) is 7.02. The number of carbonyl (C=O) groups is 2. The molecule has 0 bridgehead atoms. The van der Waals surface area contributed by atoms with Gasteiger partial charge in [0.05, 0.1) is 11.6 Å². The van der Waals surface area contributed by atoms with Gasteiger partial charge >= 0.3 is 5.91 Å². The Morgan fingerprint density at radius 1 is 1.03 bits per heavy atom. The molecule has 1 amide bonds. The second-order valence-corrected chi connectivity index (χ2v) is 10.2. The average molecular weight is 532 g/mol. The number of aromatic nitrogens is 2. The molecule has 7 nitrogen and oxygen atoms in total. The molecule has 0 radical (unpaired) electrons. The van der Waals surface area contributed by atoms with Crippen LogP contribution in [0.4, 0.5) is 5.13 Å². The van der Waals surface area contributed by atoms with Crippen molar-refractivity contribution < 1.29 is 19.4 Å². The molecule has 9 heteroatoms. The van der Waals surface area contributed by atoms with Crippen LogP contribution in [0.5, 0.6) is 5.75 Å². The Morgan fingerprint density at radius 2 is 1.78 bits per heavy atom. The maximum Gasteiger partial charge on any atom is 0.301 e. The third kappa shape index (κ3) is 4.98. The highest BCUT2D eigenvalue weighted by Gasteiger charge is 2.48. The van der Waals surface area contributed by atoms with Crippen molar-refractivity contribution in [3.63, 3.8) is 0 Å². The van der Waals surface area contributed by atoms with E-state index in [1.54, 1.807) is 55.5 Å². The van der Waals surface area contributed by atoms with Crippen molar-refractivity contribution in [3.8, 4) is 5.75 Å². The van der Waals surface area contributed by atoms with E-state index in [0.29, 0.717) is 33.5 Å². The summed E-state index contributed by atoms with van der Waals surface area (Å²) in [5.41, 5.74) is 3.09. The van der Waals surface area contributed by atoms with E-state index in [1.807, 2.05) is 25.1 Å². The number of nitrogens with zero attached hydrogens (tertiary/aromatic N) is 3. The van der Waals surface area contributed by atoms with Gasteiger partial charge in [-0.25, -0.2) is 0 Å². The Bertz CT molecular complexity index is 1530. The zero-order chi connectivity index (χ0) is 26.1. The van der Waals surface area contributed by atoms with Gasteiger partial charge in [-0.05, 0) is 61.4 Å². The number of carbonyl (C=O) groups excluding carboxylic acids is 2. The first-order valence-corrected chi connectivity index (χ1v) is 12.7. The summed E-state index contributed by atoms with van der Waals surface area (Å²) in [6, 6.07) is 20.7. The summed E-state index contributed by atoms with van der Waals surface area (Å²) in [4.78, 5) is 27.6. The van der Waals surface area contributed by atoms with Crippen LogP contribution in [0.25, 0.3) is 5.76 Å². The zero-order valence-corrected chi connectivity index (χ0v) is 21.6. The minimum atomic E-state index is -0.914. The highest BCUT2D eigenvalue weighted by molar-refractivity contribution is 7.15. The molecule has 1 aliphatic heterocycles. The number of hydrogen-bond donors (Lipinski definition) is 1. The minimum Gasteiger partial charge on any atom is -0.507 e. The van der Waals surface area contributed by atoms with E-state index in [1.165, 1.54) is 16.2 Å². The molecule has 0 aliphatic carbocycles. The fourth-order valence-electron chi connectivity index (χ4n) is 4.24. The number of aliphatic hydroxyl groups excluding tert-OH is 1. The number of halogens is 1. The van der Waals surface area contributed by atoms with Gasteiger partial charge in [0, 0.05) is 10.6 Å². The summed E-state index contributed by atoms with van der Waals surface area (Å²) in [5, 5.41) is 20.7. The molecule has 1 aliphatic rings. The monoisotopic (exact) mass is 531 g/mol. The summed E-state index contributed by atoms with van der Waals surface area (Å²) < 4.78 is 5.87. The Morgan fingerprint density at radius 3 is 2.46 bits per heavy atom. The van der Waals surface area contributed by atoms with Gasteiger partial charge in [0.2, 0.25) is 5.13 Å². The molecule has 1 saturated heterocycles. The van der Waals surface area contributed by atoms with Gasteiger partial charge in [-0.1, -0.05) is 64.9 Å². The van der Waals surface area contributed by atoms with Crippen molar-refractivity contribution in [3.05, 3.63) is 111 Å². The van der Waals surface area contributed by atoms with Crippen LogP contribution in [0.3, 0.4) is 0 Å². The zero-order valence-electron chi connectivity index (χ0n) is 20.0. The van der Waals surface area contributed by atoms with Gasteiger partial charge in [-0.3, -0.25) is 14.5 Å². The van der Waals surface area contributed by atoms with Crippen LogP contribution in [-0.4, -0.2) is 27.0 Å². The molecule has 1 atom stereocenters. The Balaban J connectivity index is 1.50. The molecule has 1 aromatic heterocycles. The molecule has 0 saturated carbocycles. The maximum absolute atomic E-state index is 13.2. The van der Waals surface area contributed by atoms with E-state index in [2.05, 4.69) is 16.3 Å². The molecule has 1 fully saturated rings. The van der Waals surface area contributed by atoms with E-state index in [4.69, 9.17) is 16.3 Å². The lowest BCUT2D eigenvalue weighted by molar-refractivity contribution is -0.132. The number of aryl methyl sites for hydroxylation is 2. The number of benzene rings is 3. The van der Waals surface area contributed by atoms with E-state index < -0.39 is 17.7 Å². The average Bonchev–Trinajstić information content (AvgIpc) is 3.43. The first kappa shape index (κ1) is 24.7. The maximum atomic E-state index is 13.2. The van der Waals surface area contributed by atoms with Crippen LogP contribution in [0.1, 0.15) is 33.3 Å². The van der Waals surface area contributed by atoms with Crippen LogP contribution in [0.15, 0.2) is 78.4 Å². The molecule has 0 spiro atoms. The van der Waals surface area contributed by atoms with Crippen molar-refractivity contribution in [2.75, 3.05) is 4.90 Å². The molecule has 37 heavy (non-hydrogen) atoms. The highest BCUT2D eigenvalue weighted by atomic mass is 35.5. The van der Waals surface area contributed by atoms with Crippen molar-refractivity contribution in [1.29, 1.82) is 0 Å². The molecule has 2 heterocycles. The fourth-order valence-corrected chi connectivity index (χ4v) is 5.15. The highest BCUT2D eigenvalue weighted by Crippen LogP contribution is 2.43. The van der Waals surface area contributed by atoms with Gasteiger partial charge in [0.15, 0.2) is 0 Å². The summed E-state index contributed by atoms with van der Waals surface area (Å²) in [6.45, 7) is 4.18. The summed E-state index contributed by atoms with van der Waals surface area (Å²) >= 11 is 7.42.